The fourth-order valence-corrected chi connectivity index (χ4v) is 3.48. The minimum Gasteiger partial charge on any atom is -0.243 e. The van der Waals surface area contributed by atoms with Gasteiger partial charge in [0.2, 0.25) is 0 Å². The molecule has 1 fully saturated rings. The van der Waals surface area contributed by atoms with Crippen LogP contribution in [0.4, 0.5) is 4.39 Å². The van der Waals surface area contributed by atoms with Gasteiger partial charge >= 0.3 is 0 Å². The smallest absolute Gasteiger partial charge is 0.147 e. The molecule has 2 heterocycles. The van der Waals surface area contributed by atoms with E-state index in [4.69, 9.17) is 0 Å². The Morgan fingerprint density at radius 3 is 2.50 bits per heavy atom. The molecule has 0 aromatic carbocycles. The molecule has 3 nitrogen and oxygen atoms in total. The summed E-state index contributed by atoms with van der Waals surface area (Å²) in [6.45, 7) is 4.12. The van der Waals surface area contributed by atoms with Crippen LogP contribution in [-0.4, -0.2) is 25.6 Å². The van der Waals surface area contributed by atoms with Crippen LogP contribution in [0.3, 0.4) is 0 Å². The van der Waals surface area contributed by atoms with Gasteiger partial charge in [-0.3, -0.25) is 0 Å². The van der Waals surface area contributed by atoms with Crippen LogP contribution in [-0.2, 0) is 11.0 Å². The quantitative estimate of drug-likeness (QED) is 0.796. The van der Waals surface area contributed by atoms with Gasteiger partial charge in [-0.15, -0.1) is 0 Å². The zero-order valence-electron chi connectivity index (χ0n) is 9.39. The third-order valence-corrected chi connectivity index (χ3v) is 4.64. The molecule has 1 aromatic rings. The second-order valence-electron chi connectivity index (χ2n) is 4.20. The second kappa shape index (κ2) is 4.59. The number of hydrogen-bond donors (Lipinski definition) is 0. The first-order valence-electron chi connectivity index (χ1n) is 5.41. The summed E-state index contributed by atoms with van der Waals surface area (Å²) in [4.78, 5) is 3.87. The van der Waals surface area contributed by atoms with E-state index in [0.29, 0.717) is 17.1 Å². The summed E-state index contributed by atoms with van der Waals surface area (Å²) >= 11 is 0. The van der Waals surface area contributed by atoms with Gasteiger partial charge in [0.1, 0.15) is 21.8 Å². The number of nitrogens with zero attached hydrogens (tertiary/aromatic N) is 2. The normalized spacial score (nSPS) is 28.2. The van der Waals surface area contributed by atoms with Crippen molar-refractivity contribution in [3.05, 3.63) is 24.1 Å². The Balaban J connectivity index is 2.21. The van der Waals surface area contributed by atoms with E-state index in [1.54, 1.807) is 0 Å². The summed E-state index contributed by atoms with van der Waals surface area (Å²) < 4.78 is 26.9. The molecule has 0 amide bonds. The van der Waals surface area contributed by atoms with Crippen molar-refractivity contribution >= 4 is 11.0 Å². The molecule has 3 atom stereocenters. The number of halogens is 1. The summed E-state index contributed by atoms with van der Waals surface area (Å²) in [5, 5.41) is 0.432. The Bertz CT molecular complexity index is 385. The highest BCUT2D eigenvalue weighted by Gasteiger charge is 2.32. The van der Waals surface area contributed by atoms with Gasteiger partial charge in [0, 0.05) is 12.1 Å². The van der Waals surface area contributed by atoms with Crippen LogP contribution in [0.15, 0.2) is 23.4 Å². The van der Waals surface area contributed by atoms with Crippen LogP contribution < -0.4 is 0 Å². The molecule has 16 heavy (non-hydrogen) atoms. The highest BCUT2D eigenvalue weighted by atomic mass is 32.2. The van der Waals surface area contributed by atoms with E-state index in [2.05, 4.69) is 18.8 Å². The molecule has 1 saturated heterocycles. The molecule has 0 radical (unpaired) electrons. The average Bonchev–Trinajstić information content (AvgIpc) is 2.59. The molecule has 1 aliphatic heterocycles. The van der Waals surface area contributed by atoms with Gasteiger partial charge in [-0.2, -0.15) is 0 Å². The van der Waals surface area contributed by atoms with Crippen LogP contribution in [0.5, 0.6) is 0 Å². The minimum absolute atomic E-state index is 0.294. The fourth-order valence-electron chi connectivity index (χ4n) is 2.07. The molecule has 1 aromatic heterocycles. The minimum atomic E-state index is -1.27. The largest absolute Gasteiger partial charge is 0.243 e. The lowest BCUT2D eigenvalue weighted by Gasteiger charge is -2.23. The van der Waals surface area contributed by atoms with Crippen molar-refractivity contribution in [1.82, 2.24) is 9.29 Å². The van der Waals surface area contributed by atoms with Gasteiger partial charge in [0.25, 0.3) is 0 Å². The first kappa shape index (κ1) is 11.7. The molecule has 0 spiro atoms. The van der Waals surface area contributed by atoms with Gasteiger partial charge in [0.05, 0.1) is 6.20 Å². The Morgan fingerprint density at radius 2 is 2.00 bits per heavy atom. The molecule has 88 valence electrons. The zero-order valence-corrected chi connectivity index (χ0v) is 10.2. The molecule has 1 unspecified atom stereocenters. The number of rotatable bonds is 2. The summed E-state index contributed by atoms with van der Waals surface area (Å²) in [6, 6.07) is 3.37. The van der Waals surface area contributed by atoms with Gasteiger partial charge in [-0.25, -0.2) is 17.9 Å². The molecule has 0 N–H and O–H groups in total. The standard InChI is InChI=1S/C11H15FN2OS/c1-8-3-4-9(2)14(8)16(15)11-6-5-10(12)7-13-11/h5-9H,3-4H2,1-2H3/t8-,9+,16?. The van der Waals surface area contributed by atoms with Crippen molar-refractivity contribution in [1.29, 1.82) is 0 Å². The molecule has 0 aliphatic carbocycles. The molecule has 2 rings (SSSR count). The fraction of sp³-hybridized carbons (Fsp3) is 0.545. The Labute approximate surface area is 97.3 Å². The second-order valence-corrected chi connectivity index (χ2v) is 5.54. The van der Waals surface area contributed by atoms with E-state index in [9.17, 15) is 8.60 Å². The maximum atomic E-state index is 12.7. The maximum absolute atomic E-state index is 12.7. The van der Waals surface area contributed by atoms with Crippen molar-refractivity contribution in [2.75, 3.05) is 0 Å². The molecular weight excluding hydrogens is 227 g/mol. The molecule has 0 saturated carbocycles. The van der Waals surface area contributed by atoms with Crippen LogP contribution >= 0.6 is 0 Å². The highest BCUT2D eigenvalue weighted by Crippen LogP contribution is 2.27. The summed E-state index contributed by atoms with van der Waals surface area (Å²) in [5.74, 6) is -0.400. The number of pyridine rings is 1. The van der Waals surface area contributed by atoms with E-state index >= 15 is 0 Å². The first-order chi connectivity index (χ1) is 7.59. The first-order valence-corrected chi connectivity index (χ1v) is 6.52. The van der Waals surface area contributed by atoms with E-state index in [1.165, 1.54) is 12.1 Å². The van der Waals surface area contributed by atoms with Gasteiger partial charge in [-0.1, -0.05) is 0 Å². The third kappa shape index (κ3) is 2.15. The predicted molar refractivity (Wildman–Crippen MR) is 60.6 cm³/mol. The van der Waals surface area contributed by atoms with Crippen molar-refractivity contribution in [3.63, 3.8) is 0 Å². The molecular formula is C11H15FN2OS. The molecule has 0 bridgehead atoms. The van der Waals surface area contributed by atoms with Crippen LogP contribution in [0.1, 0.15) is 26.7 Å². The lowest BCUT2D eigenvalue weighted by Crippen LogP contribution is -2.34. The predicted octanol–water partition coefficient (Wildman–Crippen LogP) is 2.12. The van der Waals surface area contributed by atoms with Crippen molar-refractivity contribution in [3.8, 4) is 0 Å². The van der Waals surface area contributed by atoms with Crippen LogP contribution in [0, 0.1) is 5.82 Å². The Kier molecular flexibility index (Phi) is 3.35. The summed E-state index contributed by atoms with van der Waals surface area (Å²) in [7, 11) is -1.27. The van der Waals surface area contributed by atoms with Gasteiger partial charge in [0.15, 0.2) is 0 Å². The lowest BCUT2D eigenvalue weighted by molar-refractivity contribution is 0.373. The Morgan fingerprint density at radius 1 is 1.38 bits per heavy atom. The zero-order chi connectivity index (χ0) is 11.7. The van der Waals surface area contributed by atoms with Crippen LogP contribution in [0.25, 0.3) is 0 Å². The van der Waals surface area contributed by atoms with E-state index in [1.807, 2.05) is 4.31 Å². The number of aromatic nitrogens is 1. The molecule has 1 aliphatic rings. The van der Waals surface area contributed by atoms with E-state index < -0.39 is 16.8 Å². The summed E-state index contributed by atoms with van der Waals surface area (Å²) in [6.07, 6.45) is 3.21. The van der Waals surface area contributed by atoms with Gasteiger partial charge in [-0.05, 0) is 38.8 Å². The van der Waals surface area contributed by atoms with Crippen molar-refractivity contribution in [2.24, 2.45) is 0 Å². The van der Waals surface area contributed by atoms with Crippen LogP contribution in [0.2, 0.25) is 0 Å². The molecule has 5 heteroatoms. The number of hydrogen-bond acceptors (Lipinski definition) is 2. The van der Waals surface area contributed by atoms with E-state index in [-0.39, 0.29) is 0 Å². The van der Waals surface area contributed by atoms with Crippen molar-refractivity contribution < 1.29 is 8.60 Å². The third-order valence-electron chi connectivity index (χ3n) is 2.94. The van der Waals surface area contributed by atoms with Gasteiger partial charge < -0.3 is 0 Å². The van der Waals surface area contributed by atoms with Crippen molar-refractivity contribution in [2.45, 2.75) is 43.8 Å². The Hall–Kier alpha value is -0.810. The summed E-state index contributed by atoms with van der Waals surface area (Å²) in [5.41, 5.74) is 0. The lowest BCUT2D eigenvalue weighted by atomic mass is 10.2. The average molecular weight is 242 g/mol. The SMILES string of the molecule is C[C@@H]1CC[C@H](C)N1S(=O)c1ccc(F)cn1. The monoisotopic (exact) mass is 242 g/mol. The maximum Gasteiger partial charge on any atom is 0.147 e. The van der Waals surface area contributed by atoms with E-state index in [0.717, 1.165) is 19.0 Å². The highest BCUT2D eigenvalue weighted by molar-refractivity contribution is 7.82. The topological polar surface area (TPSA) is 33.2 Å².